The highest BCUT2D eigenvalue weighted by Crippen LogP contribution is 2.20. The van der Waals surface area contributed by atoms with Crippen LogP contribution in [0.25, 0.3) is 5.69 Å². The summed E-state index contributed by atoms with van der Waals surface area (Å²) in [6, 6.07) is 14.8. The molecular formula is C26H27ClN4O5. The van der Waals surface area contributed by atoms with Crippen molar-refractivity contribution in [2.75, 3.05) is 19.7 Å². The minimum atomic E-state index is -0.787. The van der Waals surface area contributed by atoms with Gasteiger partial charge in [-0.15, -0.1) is 0 Å². The van der Waals surface area contributed by atoms with Gasteiger partial charge in [0.2, 0.25) is 5.69 Å². The van der Waals surface area contributed by atoms with Gasteiger partial charge in [-0.2, -0.15) is 9.78 Å². The van der Waals surface area contributed by atoms with E-state index in [1.807, 2.05) is 18.2 Å². The molecule has 188 valence electrons. The predicted molar refractivity (Wildman–Crippen MR) is 135 cm³/mol. The number of likely N-dealkylation sites (tertiary alicyclic amines) is 1. The zero-order valence-corrected chi connectivity index (χ0v) is 20.9. The third-order valence-corrected chi connectivity index (χ3v) is 6.53. The van der Waals surface area contributed by atoms with Crippen LogP contribution in [0.4, 0.5) is 0 Å². The summed E-state index contributed by atoms with van der Waals surface area (Å²) in [7, 11) is 0. The molecule has 2 aromatic carbocycles. The first-order valence-corrected chi connectivity index (χ1v) is 12.2. The lowest BCUT2D eigenvalue weighted by Gasteiger charge is -2.31. The number of ether oxygens (including phenoxy) is 1. The Hall–Kier alpha value is -3.72. The Balaban J connectivity index is 1.82. The van der Waals surface area contributed by atoms with Gasteiger partial charge in [0.05, 0.1) is 24.3 Å². The molecule has 1 aliphatic heterocycles. The molecule has 0 bridgehead atoms. The molecule has 4 rings (SSSR count). The molecule has 0 aliphatic carbocycles. The van der Waals surface area contributed by atoms with E-state index in [1.165, 1.54) is 4.90 Å². The molecule has 1 fully saturated rings. The van der Waals surface area contributed by atoms with Gasteiger partial charge in [-0.3, -0.25) is 14.4 Å². The van der Waals surface area contributed by atoms with Gasteiger partial charge >= 0.3 is 11.7 Å². The fourth-order valence-corrected chi connectivity index (χ4v) is 4.49. The molecule has 1 saturated heterocycles. The van der Waals surface area contributed by atoms with Crippen LogP contribution in [0.2, 0.25) is 5.02 Å². The second kappa shape index (κ2) is 10.9. The van der Waals surface area contributed by atoms with Gasteiger partial charge in [0.25, 0.3) is 11.5 Å². The van der Waals surface area contributed by atoms with E-state index in [4.69, 9.17) is 16.3 Å². The lowest BCUT2D eigenvalue weighted by molar-refractivity contribution is -0.149. The van der Waals surface area contributed by atoms with Crippen LogP contribution in [0.15, 0.2) is 64.2 Å². The number of amides is 1. The van der Waals surface area contributed by atoms with E-state index < -0.39 is 34.8 Å². The maximum absolute atomic E-state index is 13.6. The third kappa shape index (κ3) is 5.11. The van der Waals surface area contributed by atoms with Crippen LogP contribution in [0, 0.1) is 5.92 Å². The molecule has 1 aromatic heterocycles. The van der Waals surface area contributed by atoms with Crippen LogP contribution < -0.4 is 11.2 Å². The van der Waals surface area contributed by atoms with Crippen LogP contribution in [-0.4, -0.2) is 50.8 Å². The van der Waals surface area contributed by atoms with Gasteiger partial charge in [0.15, 0.2) is 0 Å². The molecule has 0 spiro atoms. The van der Waals surface area contributed by atoms with E-state index in [2.05, 4.69) is 5.10 Å². The summed E-state index contributed by atoms with van der Waals surface area (Å²) in [5, 5.41) is 4.68. The first kappa shape index (κ1) is 25.4. The SMILES string of the molecule is CCOC(=O)[C@@H]1CCCN(C(=O)c2nn(-c3ccc(Cl)cc3)c(=O)n([C@H](C)c3ccccc3)c2=O)C1. The molecule has 1 amide bonds. The van der Waals surface area contributed by atoms with Crippen LogP contribution in [0.3, 0.4) is 0 Å². The summed E-state index contributed by atoms with van der Waals surface area (Å²) in [5.41, 5.74) is -0.778. The highest BCUT2D eigenvalue weighted by molar-refractivity contribution is 6.30. The zero-order valence-electron chi connectivity index (χ0n) is 20.1. The molecular weight excluding hydrogens is 484 g/mol. The fourth-order valence-electron chi connectivity index (χ4n) is 4.36. The topological polar surface area (TPSA) is 104 Å². The number of carbonyl (C=O) groups is 2. The number of hydrogen-bond acceptors (Lipinski definition) is 6. The number of piperidine rings is 1. The van der Waals surface area contributed by atoms with Crippen molar-refractivity contribution in [2.24, 2.45) is 5.92 Å². The minimum Gasteiger partial charge on any atom is -0.466 e. The standard InChI is InChI=1S/C26H27ClN4O5/c1-3-36-25(34)19-10-7-15-29(16-19)23(32)22-24(33)30(17(2)18-8-5-4-6-9-18)26(35)31(28-22)21-13-11-20(27)12-14-21/h4-6,8-9,11-14,17,19H,3,7,10,15-16H2,1-2H3/t17-,19-/m1/s1. The van der Waals surface area contributed by atoms with E-state index in [0.29, 0.717) is 30.1 Å². The van der Waals surface area contributed by atoms with E-state index in [1.54, 1.807) is 50.2 Å². The molecule has 0 saturated carbocycles. The monoisotopic (exact) mass is 510 g/mol. The Morgan fingerprint density at radius 3 is 2.47 bits per heavy atom. The number of halogens is 1. The minimum absolute atomic E-state index is 0.118. The van der Waals surface area contributed by atoms with Crippen LogP contribution >= 0.6 is 11.6 Å². The summed E-state index contributed by atoms with van der Waals surface area (Å²) >= 11 is 6.01. The summed E-state index contributed by atoms with van der Waals surface area (Å²) in [4.78, 5) is 54.4. The summed E-state index contributed by atoms with van der Waals surface area (Å²) < 4.78 is 7.20. The average Bonchev–Trinajstić information content (AvgIpc) is 2.90. The van der Waals surface area contributed by atoms with Crippen molar-refractivity contribution in [3.8, 4) is 5.69 Å². The lowest BCUT2D eigenvalue weighted by Crippen LogP contribution is -2.50. The van der Waals surface area contributed by atoms with Crippen molar-refractivity contribution >= 4 is 23.5 Å². The Labute approximate surface area is 212 Å². The Bertz CT molecular complexity index is 1370. The zero-order chi connectivity index (χ0) is 25.8. The molecule has 36 heavy (non-hydrogen) atoms. The van der Waals surface area contributed by atoms with E-state index in [9.17, 15) is 19.2 Å². The van der Waals surface area contributed by atoms with Crippen molar-refractivity contribution in [2.45, 2.75) is 32.7 Å². The number of esters is 1. The maximum atomic E-state index is 13.6. The molecule has 10 heteroatoms. The van der Waals surface area contributed by atoms with Crippen molar-refractivity contribution in [1.82, 2.24) is 19.2 Å². The number of nitrogens with zero attached hydrogens (tertiary/aromatic N) is 4. The van der Waals surface area contributed by atoms with Gasteiger partial charge in [-0.05, 0) is 56.5 Å². The van der Waals surface area contributed by atoms with Gasteiger partial charge in [0.1, 0.15) is 0 Å². The lowest BCUT2D eigenvalue weighted by atomic mass is 9.98. The summed E-state index contributed by atoms with van der Waals surface area (Å²) in [6.45, 7) is 4.18. The molecule has 0 unspecified atom stereocenters. The molecule has 9 nitrogen and oxygen atoms in total. The quantitative estimate of drug-likeness (QED) is 0.472. The first-order chi connectivity index (χ1) is 17.3. The highest BCUT2D eigenvalue weighted by Gasteiger charge is 2.33. The largest absolute Gasteiger partial charge is 0.466 e. The normalized spacial score (nSPS) is 16.4. The smallest absolute Gasteiger partial charge is 0.352 e. The number of benzene rings is 2. The molecule has 2 atom stereocenters. The Kier molecular flexibility index (Phi) is 7.69. The summed E-state index contributed by atoms with van der Waals surface area (Å²) in [5.74, 6) is -1.48. The second-order valence-electron chi connectivity index (χ2n) is 8.62. The second-order valence-corrected chi connectivity index (χ2v) is 9.06. The number of aromatic nitrogens is 3. The molecule has 2 heterocycles. The number of rotatable bonds is 6. The molecule has 1 aliphatic rings. The number of carbonyl (C=O) groups excluding carboxylic acids is 2. The van der Waals surface area contributed by atoms with Gasteiger partial charge in [-0.1, -0.05) is 41.9 Å². The van der Waals surface area contributed by atoms with Crippen LogP contribution in [-0.2, 0) is 9.53 Å². The Morgan fingerprint density at radius 1 is 1.11 bits per heavy atom. The first-order valence-electron chi connectivity index (χ1n) is 11.8. The van der Waals surface area contributed by atoms with Crippen molar-refractivity contribution in [1.29, 1.82) is 0 Å². The van der Waals surface area contributed by atoms with Crippen LogP contribution in [0.5, 0.6) is 0 Å². The van der Waals surface area contributed by atoms with Crippen molar-refractivity contribution in [3.05, 3.63) is 91.7 Å². The van der Waals surface area contributed by atoms with E-state index in [-0.39, 0.29) is 19.1 Å². The molecule has 0 N–H and O–H groups in total. The van der Waals surface area contributed by atoms with E-state index >= 15 is 0 Å². The van der Waals surface area contributed by atoms with Crippen LogP contribution in [0.1, 0.15) is 48.8 Å². The number of hydrogen-bond donors (Lipinski definition) is 0. The molecule has 3 aromatic rings. The van der Waals surface area contributed by atoms with Gasteiger partial charge < -0.3 is 9.64 Å². The van der Waals surface area contributed by atoms with E-state index in [0.717, 1.165) is 14.8 Å². The maximum Gasteiger partial charge on any atom is 0.352 e. The average molecular weight is 511 g/mol. The summed E-state index contributed by atoms with van der Waals surface area (Å²) in [6.07, 6.45) is 1.18. The van der Waals surface area contributed by atoms with Gasteiger partial charge in [0, 0.05) is 18.1 Å². The molecule has 0 radical (unpaired) electrons. The van der Waals surface area contributed by atoms with Crippen molar-refractivity contribution < 1.29 is 14.3 Å². The fraction of sp³-hybridized carbons (Fsp3) is 0.346. The van der Waals surface area contributed by atoms with Crippen molar-refractivity contribution in [3.63, 3.8) is 0 Å². The Morgan fingerprint density at radius 2 is 1.81 bits per heavy atom. The highest BCUT2D eigenvalue weighted by atomic mass is 35.5. The third-order valence-electron chi connectivity index (χ3n) is 6.28. The van der Waals surface area contributed by atoms with Gasteiger partial charge in [-0.25, -0.2) is 9.36 Å². The predicted octanol–water partition coefficient (Wildman–Crippen LogP) is 3.07.